The first-order valence-electron chi connectivity index (χ1n) is 9.60. The maximum absolute atomic E-state index is 13.5. The molecule has 5 rings (SSSR count). The predicted octanol–water partition coefficient (Wildman–Crippen LogP) is 4.13. The fourth-order valence-electron chi connectivity index (χ4n) is 4.01. The summed E-state index contributed by atoms with van der Waals surface area (Å²) in [6.45, 7) is 0.442. The fraction of sp³-hybridized carbons (Fsp3) is 0.238. The standard InChI is InChI=1S/C21H19FN4O3S/c1-30(27,28)26-9-3-2-4-14-10-16-18(11-17(14)26)29-20(13-5-7-15(22)8-6-13)19(16)21-23-12-24-25-21/h5-8,10-12H,2-4,9H2,1H3,(H,23,24,25). The van der Waals surface area contributed by atoms with E-state index in [-0.39, 0.29) is 5.82 Å². The van der Waals surface area contributed by atoms with E-state index in [1.54, 1.807) is 18.2 Å². The van der Waals surface area contributed by atoms with Crippen LogP contribution in [0.1, 0.15) is 18.4 Å². The number of anilines is 1. The first kappa shape index (κ1) is 18.8. The number of nitrogens with zero attached hydrogens (tertiary/aromatic N) is 3. The summed E-state index contributed by atoms with van der Waals surface area (Å²) in [5.41, 5.74) is 3.53. The predicted molar refractivity (Wildman–Crippen MR) is 112 cm³/mol. The molecular formula is C21H19FN4O3S. The highest BCUT2D eigenvalue weighted by molar-refractivity contribution is 7.92. The van der Waals surface area contributed by atoms with Crippen molar-refractivity contribution in [1.29, 1.82) is 0 Å². The smallest absolute Gasteiger partial charge is 0.232 e. The van der Waals surface area contributed by atoms with Crippen molar-refractivity contribution in [2.75, 3.05) is 17.1 Å². The Morgan fingerprint density at radius 2 is 1.97 bits per heavy atom. The van der Waals surface area contributed by atoms with Gasteiger partial charge in [-0.3, -0.25) is 9.40 Å². The Kier molecular flexibility index (Phi) is 4.35. The Morgan fingerprint density at radius 3 is 2.67 bits per heavy atom. The summed E-state index contributed by atoms with van der Waals surface area (Å²) in [5, 5.41) is 7.64. The van der Waals surface area contributed by atoms with Crippen molar-refractivity contribution >= 4 is 26.7 Å². The lowest BCUT2D eigenvalue weighted by Gasteiger charge is -2.22. The minimum Gasteiger partial charge on any atom is -0.455 e. The van der Waals surface area contributed by atoms with E-state index in [1.807, 2.05) is 6.07 Å². The molecule has 0 spiro atoms. The zero-order valence-corrected chi connectivity index (χ0v) is 17.0. The minimum atomic E-state index is -3.41. The zero-order valence-electron chi connectivity index (χ0n) is 16.2. The van der Waals surface area contributed by atoms with Crippen LogP contribution < -0.4 is 4.31 Å². The van der Waals surface area contributed by atoms with Crippen molar-refractivity contribution in [3.63, 3.8) is 0 Å². The van der Waals surface area contributed by atoms with Gasteiger partial charge in [-0.1, -0.05) is 0 Å². The molecule has 2 aromatic heterocycles. The van der Waals surface area contributed by atoms with Crippen LogP contribution in [0.15, 0.2) is 47.1 Å². The Morgan fingerprint density at radius 1 is 1.17 bits per heavy atom. The number of halogens is 1. The van der Waals surface area contributed by atoms with Gasteiger partial charge in [0.05, 0.1) is 17.5 Å². The van der Waals surface area contributed by atoms with Crippen molar-refractivity contribution in [1.82, 2.24) is 15.2 Å². The number of rotatable bonds is 3. The molecular weight excluding hydrogens is 407 g/mol. The normalized spacial score (nSPS) is 14.7. The Hall–Kier alpha value is -3.20. The molecule has 4 aromatic rings. The second-order valence-corrected chi connectivity index (χ2v) is 9.32. The SMILES string of the molecule is CS(=O)(=O)N1CCCCc2cc3c(-c4ncn[nH]4)c(-c4ccc(F)cc4)oc3cc21. The molecule has 9 heteroatoms. The van der Waals surface area contributed by atoms with Crippen molar-refractivity contribution in [3.8, 4) is 22.7 Å². The van der Waals surface area contributed by atoms with E-state index >= 15 is 0 Å². The van der Waals surface area contributed by atoms with Crippen molar-refractivity contribution in [2.45, 2.75) is 19.3 Å². The highest BCUT2D eigenvalue weighted by Crippen LogP contribution is 2.43. The lowest BCUT2D eigenvalue weighted by molar-refractivity contribution is 0.595. The first-order chi connectivity index (χ1) is 14.4. The molecule has 154 valence electrons. The van der Waals surface area contributed by atoms with Gasteiger partial charge in [0.1, 0.15) is 23.5 Å². The molecule has 0 saturated heterocycles. The van der Waals surface area contributed by atoms with Gasteiger partial charge in [-0.2, -0.15) is 5.10 Å². The molecule has 0 bridgehead atoms. The Labute approximate surface area is 172 Å². The van der Waals surface area contributed by atoms with Crippen LogP contribution in [0.3, 0.4) is 0 Å². The van der Waals surface area contributed by atoms with E-state index in [4.69, 9.17) is 4.42 Å². The van der Waals surface area contributed by atoms with Crippen LogP contribution in [0.2, 0.25) is 0 Å². The minimum absolute atomic E-state index is 0.341. The lowest BCUT2D eigenvalue weighted by atomic mass is 10.0. The second kappa shape index (κ2) is 6.94. The van der Waals surface area contributed by atoms with Gasteiger partial charge in [0.15, 0.2) is 5.82 Å². The summed E-state index contributed by atoms with van der Waals surface area (Å²) in [5.74, 6) is 0.709. The summed E-state index contributed by atoms with van der Waals surface area (Å²) in [6, 6.07) is 9.77. The van der Waals surface area contributed by atoms with Crippen molar-refractivity contribution in [3.05, 3.63) is 54.1 Å². The van der Waals surface area contributed by atoms with Crippen LogP contribution >= 0.6 is 0 Å². The molecule has 0 unspecified atom stereocenters. The molecule has 30 heavy (non-hydrogen) atoms. The quantitative estimate of drug-likeness (QED) is 0.532. The number of aryl methyl sites for hydroxylation is 1. The molecule has 0 amide bonds. The molecule has 0 fully saturated rings. The van der Waals surface area contributed by atoms with Crippen LogP contribution in [0.5, 0.6) is 0 Å². The van der Waals surface area contributed by atoms with Crippen LogP contribution in [0.25, 0.3) is 33.7 Å². The summed E-state index contributed by atoms with van der Waals surface area (Å²) < 4.78 is 45.9. The van der Waals surface area contributed by atoms with Crippen molar-refractivity contribution in [2.24, 2.45) is 0 Å². The van der Waals surface area contributed by atoms with Gasteiger partial charge in [-0.25, -0.2) is 17.8 Å². The third-order valence-corrected chi connectivity index (χ3v) is 6.55. The van der Waals surface area contributed by atoms with Crippen LogP contribution in [-0.2, 0) is 16.4 Å². The molecule has 1 aliphatic rings. The van der Waals surface area contributed by atoms with Gasteiger partial charge < -0.3 is 4.42 Å². The highest BCUT2D eigenvalue weighted by Gasteiger charge is 2.27. The van der Waals surface area contributed by atoms with E-state index in [9.17, 15) is 12.8 Å². The number of H-pyrrole nitrogens is 1. The average molecular weight is 426 g/mol. The zero-order chi connectivity index (χ0) is 20.9. The summed E-state index contributed by atoms with van der Waals surface area (Å²) >= 11 is 0. The van der Waals surface area contributed by atoms with E-state index < -0.39 is 10.0 Å². The van der Waals surface area contributed by atoms with Gasteiger partial charge in [-0.05, 0) is 55.2 Å². The highest BCUT2D eigenvalue weighted by atomic mass is 32.2. The molecule has 3 heterocycles. The van der Waals surface area contributed by atoms with Gasteiger partial charge in [0.25, 0.3) is 0 Å². The number of benzene rings is 2. The number of sulfonamides is 1. The lowest BCUT2D eigenvalue weighted by Crippen LogP contribution is -2.30. The second-order valence-electron chi connectivity index (χ2n) is 7.42. The number of aromatic nitrogens is 3. The molecule has 0 radical (unpaired) electrons. The van der Waals surface area contributed by atoms with Crippen LogP contribution in [0, 0.1) is 5.82 Å². The van der Waals surface area contributed by atoms with Crippen LogP contribution in [-0.4, -0.2) is 36.4 Å². The maximum Gasteiger partial charge on any atom is 0.232 e. The molecule has 0 atom stereocenters. The van der Waals surface area contributed by atoms with Gasteiger partial charge in [0.2, 0.25) is 10.0 Å². The number of nitrogens with one attached hydrogen (secondary N) is 1. The third-order valence-electron chi connectivity index (χ3n) is 5.37. The summed E-state index contributed by atoms with van der Waals surface area (Å²) in [4.78, 5) is 4.29. The average Bonchev–Trinajstić information content (AvgIpc) is 3.29. The van der Waals surface area contributed by atoms with E-state index in [2.05, 4.69) is 15.2 Å². The van der Waals surface area contributed by atoms with E-state index in [0.29, 0.717) is 40.5 Å². The Balaban J connectivity index is 1.80. The number of furan rings is 1. The van der Waals surface area contributed by atoms with E-state index in [0.717, 1.165) is 30.2 Å². The largest absolute Gasteiger partial charge is 0.455 e. The number of aromatic amines is 1. The molecule has 0 saturated carbocycles. The number of hydrogen-bond acceptors (Lipinski definition) is 5. The monoisotopic (exact) mass is 426 g/mol. The Bertz CT molecular complexity index is 1330. The number of fused-ring (bicyclic) bond motifs is 2. The van der Waals surface area contributed by atoms with Crippen LogP contribution in [0.4, 0.5) is 10.1 Å². The first-order valence-corrected chi connectivity index (χ1v) is 11.5. The van der Waals surface area contributed by atoms with Crippen molar-refractivity contribution < 1.29 is 17.2 Å². The molecule has 0 aliphatic carbocycles. The van der Waals surface area contributed by atoms with E-state index in [1.165, 1.54) is 29.0 Å². The fourth-order valence-corrected chi connectivity index (χ4v) is 5.00. The van der Waals surface area contributed by atoms with Gasteiger partial charge in [-0.15, -0.1) is 0 Å². The van der Waals surface area contributed by atoms with Gasteiger partial charge >= 0.3 is 0 Å². The molecule has 1 N–H and O–H groups in total. The molecule has 1 aliphatic heterocycles. The maximum atomic E-state index is 13.5. The molecule has 7 nitrogen and oxygen atoms in total. The van der Waals surface area contributed by atoms with Gasteiger partial charge in [0, 0.05) is 23.6 Å². The summed E-state index contributed by atoms with van der Waals surface area (Å²) in [7, 11) is -3.41. The topological polar surface area (TPSA) is 92.1 Å². The summed E-state index contributed by atoms with van der Waals surface area (Å²) in [6.07, 6.45) is 5.09. The number of hydrogen-bond donors (Lipinski definition) is 1. The third kappa shape index (κ3) is 3.15. The molecule has 2 aromatic carbocycles.